The van der Waals surface area contributed by atoms with Gasteiger partial charge in [0.15, 0.2) is 0 Å². The van der Waals surface area contributed by atoms with Crippen molar-refractivity contribution in [2.24, 2.45) is 0 Å². The molecule has 1 atom stereocenters. The van der Waals surface area contributed by atoms with Gasteiger partial charge in [-0.1, -0.05) is 12.1 Å². The number of para-hydroxylation sites is 2. The molecule has 0 radical (unpaired) electrons. The van der Waals surface area contributed by atoms with Gasteiger partial charge in [0.2, 0.25) is 5.91 Å². The quantitative estimate of drug-likeness (QED) is 0.890. The standard InChI is InChI=1S/C17H17FN4O3/c1-25-14-5-3-2-4-13(14)22-9-8-12(16(22)23)20-17(24)21-15-7-6-11(18)10-19-15/h2-7,10,12H,8-9H2,1H3,(H2,19,20,21,24)/t12-/m0/s1. The Bertz CT molecular complexity index is 782. The predicted octanol–water partition coefficient (Wildman–Crippen LogP) is 2.16. The number of nitrogens with zero attached hydrogens (tertiary/aromatic N) is 2. The van der Waals surface area contributed by atoms with Crippen LogP contribution in [0.3, 0.4) is 0 Å². The molecule has 1 aromatic heterocycles. The van der Waals surface area contributed by atoms with Crippen LogP contribution < -0.4 is 20.3 Å². The van der Waals surface area contributed by atoms with E-state index in [9.17, 15) is 14.0 Å². The maximum atomic E-state index is 12.8. The lowest BCUT2D eigenvalue weighted by molar-refractivity contribution is -0.118. The highest BCUT2D eigenvalue weighted by molar-refractivity contribution is 6.03. The molecule has 2 N–H and O–H groups in total. The Labute approximate surface area is 143 Å². The number of hydrogen-bond donors (Lipinski definition) is 2. The number of halogens is 1. The number of benzene rings is 1. The van der Waals surface area contributed by atoms with Crippen LogP contribution >= 0.6 is 0 Å². The zero-order chi connectivity index (χ0) is 17.8. The Morgan fingerprint density at radius 1 is 1.32 bits per heavy atom. The summed E-state index contributed by atoms with van der Waals surface area (Å²) in [4.78, 5) is 29.9. The number of nitrogens with one attached hydrogen (secondary N) is 2. The van der Waals surface area contributed by atoms with Gasteiger partial charge in [-0.05, 0) is 30.7 Å². The Hall–Kier alpha value is -3.16. The highest BCUT2D eigenvalue weighted by Crippen LogP contribution is 2.30. The molecule has 0 saturated carbocycles. The second kappa shape index (κ2) is 7.16. The summed E-state index contributed by atoms with van der Waals surface area (Å²) in [5.41, 5.74) is 0.667. The number of pyridine rings is 1. The molecule has 2 aromatic rings. The third-order valence-electron chi connectivity index (χ3n) is 3.86. The predicted molar refractivity (Wildman–Crippen MR) is 90.1 cm³/mol. The summed E-state index contributed by atoms with van der Waals surface area (Å²) < 4.78 is 18.1. The van der Waals surface area contributed by atoms with Crippen LogP contribution in [0, 0.1) is 5.82 Å². The van der Waals surface area contributed by atoms with Crippen LogP contribution in [0.15, 0.2) is 42.6 Å². The van der Waals surface area contributed by atoms with Crippen molar-refractivity contribution >= 4 is 23.4 Å². The van der Waals surface area contributed by atoms with Crippen LogP contribution in [0.4, 0.5) is 20.7 Å². The van der Waals surface area contributed by atoms with Crippen LogP contribution in [-0.2, 0) is 4.79 Å². The first-order valence-electron chi connectivity index (χ1n) is 7.72. The number of carbonyl (C=O) groups is 2. The Morgan fingerprint density at radius 3 is 2.84 bits per heavy atom. The molecule has 3 rings (SSSR count). The normalized spacial score (nSPS) is 16.6. The summed E-state index contributed by atoms with van der Waals surface area (Å²) in [6.07, 6.45) is 1.47. The number of rotatable bonds is 4. The van der Waals surface area contributed by atoms with Crippen LogP contribution in [0.1, 0.15) is 6.42 Å². The van der Waals surface area contributed by atoms with Gasteiger partial charge in [0.25, 0.3) is 0 Å². The van der Waals surface area contributed by atoms with Crippen LogP contribution in [0.5, 0.6) is 5.75 Å². The summed E-state index contributed by atoms with van der Waals surface area (Å²) in [7, 11) is 1.54. The minimum Gasteiger partial charge on any atom is -0.495 e. The average molecular weight is 344 g/mol. The number of hydrogen-bond acceptors (Lipinski definition) is 4. The van der Waals surface area contributed by atoms with E-state index >= 15 is 0 Å². The lowest BCUT2D eigenvalue weighted by Gasteiger charge is -2.19. The smallest absolute Gasteiger partial charge is 0.321 e. The molecule has 3 amide bonds. The van der Waals surface area contributed by atoms with Crippen molar-refractivity contribution in [1.82, 2.24) is 10.3 Å². The van der Waals surface area contributed by atoms with E-state index in [1.165, 1.54) is 19.2 Å². The van der Waals surface area contributed by atoms with Gasteiger partial charge < -0.3 is 15.0 Å². The lowest BCUT2D eigenvalue weighted by atomic mass is 10.2. The van der Waals surface area contributed by atoms with Crippen molar-refractivity contribution in [3.05, 3.63) is 48.4 Å². The summed E-state index contributed by atoms with van der Waals surface area (Å²) >= 11 is 0. The molecule has 1 saturated heterocycles. The number of carbonyl (C=O) groups excluding carboxylic acids is 2. The van der Waals surface area contributed by atoms with Gasteiger partial charge >= 0.3 is 6.03 Å². The molecule has 1 aromatic carbocycles. The monoisotopic (exact) mass is 344 g/mol. The molecule has 1 aliphatic rings. The third-order valence-corrected chi connectivity index (χ3v) is 3.86. The number of ether oxygens (including phenoxy) is 1. The molecule has 2 heterocycles. The van der Waals surface area contributed by atoms with E-state index < -0.39 is 17.9 Å². The SMILES string of the molecule is COc1ccccc1N1CC[C@H](NC(=O)Nc2ccc(F)cn2)C1=O. The van der Waals surface area contributed by atoms with E-state index in [0.29, 0.717) is 24.4 Å². The first-order valence-corrected chi connectivity index (χ1v) is 7.72. The maximum Gasteiger partial charge on any atom is 0.321 e. The zero-order valence-electron chi connectivity index (χ0n) is 13.5. The van der Waals surface area contributed by atoms with Crippen molar-refractivity contribution in [2.75, 3.05) is 23.9 Å². The summed E-state index contributed by atoms with van der Waals surface area (Å²) in [5.74, 6) is 0.0819. The fourth-order valence-corrected chi connectivity index (χ4v) is 2.67. The molecule has 1 fully saturated rings. The van der Waals surface area contributed by atoms with E-state index in [-0.39, 0.29) is 11.7 Å². The second-order valence-corrected chi connectivity index (χ2v) is 5.46. The Kier molecular flexibility index (Phi) is 4.78. The van der Waals surface area contributed by atoms with E-state index in [1.54, 1.807) is 17.0 Å². The van der Waals surface area contributed by atoms with Crippen LogP contribution in [0.25, 0.3) is 0 Å². The van der Waals surface area contributed by atoms with Crippen molar-refractivity contribution in [3.8, 4) is 5.75 Å². The maximum absolute atomic E-state index is 12.8. The fourth-order valence-electron chi connectivity index (χ4n) is 2.67. The van der Waals surface area contributed by atoms with Gasteiger partial charge in [-0.2, -0.15) is 0 Å². The second-order valence-electron chi connectivity index (χ2n) is 5.46. The van der Waals surface area contributed by atoms with Crippen LogP contribution in [-0.4, -0.2) is 36.6 Å². The van der Waals surface area contributed by atoms with Gasteiger partial charge in [-0.3, -0.25) is 10.1 Å². The van der Waals surface area contributed by atoms with Gasteiger partial charge in [0.1, 0.15) is 23.4 Å². The van der Waals surface area contributed by atoms with Crippen molar-refractivity contribution < 1.29 is 18.7 Å². The van der Waals surface area contributed by atoms with Crippen LogP contribution in [0.2, 0.25) is 0 Å². The Balaban J connectivity index is 1.64. The first kappa shape index (κ1) is 16.7. The molecular weight excluding hydrogens is 327 g/mol. The molecule has 25 heavy (non-hydrogen) atoms. The molecule has 1 aliphatic heterocycles. The molecule has 0 unspecified atom stereocenters. The number of methoxy groups -OCH3 is 1. The minimum absolute atomic E-state index is 0.200. The summed E-state index contributed by atoms with van der Waals surface area (Å²) in [6, 6.07) is 8.52. The summed E-state index contributed by atoms with van der Waals surface area (Å²) in [5, 5.41) is 5.08. The molecule has 8 heteroatoms. The first-order chi connectivity index (χ1) is 12.1. The largest absolute Gasteiger partial charge is 0.495 e. The van der Waals surface area contributed by atoms with E-state index in [4.69, 9.17) is 4.74 Å². The highest BCUT2D eigenvalue weighted by atomic mass is 19.1. The van der Waals surface area contributed by atoms with Gasteiger partial charge in [0.05, 0.1) is 19.0 Å². The fraction of sp³-hybridized carbons (Fsp3) is 0.235. The van der Waals surface area contributed by atoms with Crippen molar-refractivity contribution in [1.29, 1.82) is 0 Å². The average Bonchev–Trinajstić information content (AvgIpc) is 2.97. The highest BCUT2D eigenvalue weighted by Gasteiger charge is 2.34. The zero-order valence-corrected chi connectivity index (χ0v) is 13.5. The number of aromatic nitrogens is 1. The molecule has 0 bridgehead atoms. The molecule has 130 valence electrons. The van der Waals surface area contributed by atoms with Gasteiger partial charge in [-0.25, -0.2) is 14.2 Å². The Morgan fingerprint density at radius 2 is 2.12 bits per heavy atom. The van der Waals surface area contributed by atoms with Crippen molar-refractivity contribution in [3.63, 3.8) is 0 Å². The number of urea groups is 1. The van der Waals surface area contributed by atoms with E-state index in [0.717, 1.165) is 6.20 Å². The minimum atomic E-state index is -0.648. The lowest BCUT2D eigenvalue weighted by Crippen LogP contribution is -2.43. The van der Waals surface area contributed by atoms with E-state index in [1.807, 2.05) is 12.1 Å². The van der Waals surface area contributed by atoms with Gasteiger partial charge in [0, 0.05) is 6.54 Å². The van der Waals surface area contributed by atoms with Gasteiger partial charge in [-0.15, -0.1) is 0 Å². The molecule has 0 spiro atoms. The van der Waals surface area contributed by atoms with E-state index in [2.05, 4.69) is 15.6 Å². The molecule has 7 nitrogen and oxygen atoms in total. The summed E-state index contributed by atoms with van der Waals surface area (Å²) in [6.45, 7) is 0.471. The molecule has 0 aliphatic carbocycles. The number of anilines is 2. The topological polar surface area (TPSA) is 83.6 Å². The molecular formula is C17H17FN4O3. The number of amides is 3. The third kappa shape index (κ3) is 3.68. The van der Waals surface area contributed by atoms with Crippen molar-refractivity contribution in [2.45, 2.75) is 12.5 Å².